The van der Waals surface area contributed by atoms with Crippen molar-refractivity contribution in [1.29, 1.82) is 0 Å². The van der Waals surface area contributed by atoms with Gasteiger partial charge in [-0.25, -0.2) is 4.98 Å². The molecule has 18 rings (SSSR count). The average Bonchev–Trinajstić information content (AvgIpc) is 1.62. The van der Waals surface area contributed by atoms with Crippen molar-refractivity contribution >= 4 is 65.6 Å². The van der Waals surface area contributed by atoms with Crippen LogP contribution in [-0.4, -0.2) is 24.1 Å². The first-order chi connectivity index (χ1) is 40.7. The molecular weight excluding hydrogens is 999 g/mol. The fourth-order valence-electron chi connectivity index (χ4n) is 14.2. The number of fused-ring (bicyclic) bond motifs is 20. The Morgan fingerprint density at radius 2 is 0.829 bits per heavy atom. The molecule has 380 valence electrons. The van der Waals surface area contributed by atoms with Gasteiger partial charge in [-0.05, 0) is 122 Å². The molecule has 1 spiro atoms. The van der Waals surface area contributed by atoms with E-state index in [1.54, 1.807) is 0 Å². The van der Waals surface area contributed by atoms with Crippen LogP contribution < -0.4 is 0 Å². The number of nitrogens with zero attached hydrogens (tertiary/aromatic N) is 5. The monoisotopic (exact) mass is 1040 g/mol. The summed E-state index contributed by atoms with van der Waals surface area (Å²) in [6, 6.07) is 98.6. The summed E-state index contributed by atoms with van der Waals surface area (Å²) in [6.07, 6.45) is 0. The van der Waals surface area contributed by atoms with Crippen molar-refractivity contribution in [3.8, 4) is 78.9 Å². The topological polar surface area (TPSA) is 61.7 Å². The zero-order valence-corrected chi connectivity index (χ0v) is 44.1. The Hall–Kier alpha value is -11.0. The van der Waals surface area contributed by atoms with E-state index in [1.165, 1.54) is 66.3 Å². The lowest BCUT2D eigenvalue weighted by Crippen LogP contribution is -2.25. The highest BCUT2D eigenvalue weighted by Crippen LogP contribution is 2.64. The van der Waals surface area contributed by atoms with Crippen LogP contribution in [0.3, 0.4) is 0 Å². The van der Waals surface area contributed by atoms with Crippen LogP contribution in [0.5, 0.6) is 0 Å². The van der Waals surface area contributed by atoms with Gasteiger partial charge in [-0.2, -0.15) is 9.97 Å². The van der Waals surface area contributed by atoms with Crippen LogP contribution in [-0.2, 0) is 5.41 Å². The first kappa shape index (κ1) is 45.0. The molecule has 0 N–H and O–H groups in total. The van der Waals surface area contributed by atoms with Crippen LogP contribution in [0, 0.1) is 0 Å². The zero-order chi connectivity index (χ0) is 53.6. The molecule has 0 atom stereocenters. The fraction of sp³-hybridized carbons (Fsp3) is 0.0132. The maximum atomic E-state index is 6.72. The molecule has 2 aliphatic carbocycles. The summed E-state index contributed by atoms with van der Waals surface area (Å²) in [4.78, 5) is 16.1. The van der Waals surface area contributed by atoms with Crippen LogP contribution in [0.1, 0.15) is 22.3 Å². The van der Waals surface area contributed by atoms with Crippen LogP contribution >= 0.6 is 0 Å². The van der Waals surface area contributed by atoms with E-state index in [2.05, 4.69) is 246 Å². The van der Waals surface area contributed by atoms with E-state index in [-0.39, 0.29) is 0 Å². The first-order valence-electron chi connectivity index (χ1n) is 28.0. The number of hydrogen-bond donors (Lipinski definition) is 0. The summed E-state index contributed by atoms with van der Waals surface area (Å²) >= 11 is 0. The average molecular weight is 1040 g/mol. The standard InChI is InChI=1S/C76H45N5O/c1-4-19-46(20-5-1)73-77-74(47-21-6-2-7-22-47)79-75(78-73)81-67-40-35-48(43-59(67)56-38-39-64-71(72(56)81)57-28-12-16-32-63(57)76(64)61-30-14-10-25-53(61)54-26-11-15-31-62(54)76)49-37-42-68-60(44-49)70-52(29-18-34-69(70)82-68)50-36-41-66-58(45-50)55-27-13-17-33-65(55)80(66)51-23-8-3-9-24-51/h1-45H. The Morgan fingerprint density at radius 1 is 0.305 bits per heavy atom. The third-order valence-electron chi connectivity index (χ3n) is 17.6. The van der Waals surface area contributed by atoms with Crippen LogP contribution in [0.4, 0.5) is 0 Å². The summed E-state index contributed by atoms with van der Waals surface area (Å²) in [5.41, 5.74) is 23.1. The van der Waals surface area contributed by atoms with Gasteiger partial charge >= 0.3 is 0 Å². The molecule has 0 fully saturated rings. The molecule has 0 amide bonds. The van der Waals surface area contributed by atoms with E-state index in [1.807, 2.05) is 36.4 Å². The lowest BCUT2D eigenvalue weighted by atomic mass is 9.70. The maximum absolute atomic E-state index is 6.72. The molecule has 16 aromatic rings. The van der Waals surface area contributed by atoms with Crippen molar-refractivity contribution in [2.75, 3.05) is 0 Å². The summed E-state index contributed by atoms with van der Waals surface area (Å²) in [5.74, 6) is 1.78. The first-order valence-corrected chi connectivity index (χ1v) is 28.0. The number of rotatable bonds is 6. The minimum Gasteiger partial charge on any atom is -0.456 e. The largest absolute Gasteiger partial charge is 0.456 e. The number of furan rings is 1. The van der Waals surface area contributed by atoms with Gasteiger partial charge in [0.25, 0.3) is 0 Å². The predicted octanol–water partition coefficient (Wildman–Crippen LogP) is 19.0. The molecule has 12 aromatic carbocycles. The van der Waals surface area contributed by atoms with E-state index < -0.39 is 5.41 Å². The van der Waals surface area contributed by atoms with E-state index in [0.29, 0.717) is 17.6 Å². The number of aromatic nitrogens is 5. The Labute approximate surface area is 471 Å². The Kier molecular flexibility index (Phi) is 9.34. The molecule has 0 aliphatic heterocycles. The fourth-order valence-corrected chi connectivity index (χ4v) is 14.2. The Morgan fingerprint density at radius 3 is 1.54 bits per heavy atom. The minimum atomic E-state index is -0.544. The summed E-state index contributed by atoms with van der Waals surface area (Å²) in [6.45, 7) is 0. The van der Waals surface area contributed by atoms with Gasteiger partial charge in [0.05, 0.1) is 27.5 Å². The molecule has 0 bridgehead atoms. The lowest BCUT2D eigenvalue weighted by Gasteiger charge is -2.30. The van der Waals surface area contributed by atoms with E-state index >= 15 is 0 Å². The van der Waals surface area contributed by atoms with E-state index in [0.717, 1.165) is 82.8 Å². The number of hydrogen-bond acceptors (Lipinski definition) is 4. The second-order valence-electron chi connectivity index (χ2n) is 21.8. The Bertz CT molecular complexity index is 5240. The second-order valence-corrected chi connectivity index (χ2v) is 21.8. The van der Waals surface area contributed by atoms with Crippen molar-refractivity contribution < 1.29 is 4.42 Å². The predicted molar refractivity (Wildman–Crippen MR) is 334 cm³/mol. The molecule has 0 saturated carbocycles. The van der Waals surface area contributed by atoms with Crippen LogP contribution in [0.2, 0.25) is 0 Å². The van der Waals surface area contributed by atoms with E-state index in [4.69, 9.17) is 19.4 Å². The Balaban J connectivity index is 0.877. The molecule has 0 radical (unpaired) electrons. The molecule has 2 aliphatic rings. The van der Waals surface area contributed by atoms with Gasteiger partial charge in [-0.3, -0.25) is 4.57 Å². The smallest absolute Gasteiger partial charge is 0.238 e. The van der Waals surface area contributed by atoms with Gasteiger partial charge < -0.3 is 8.98 Å². The van der Waals surface area contributed by atoms with Gasteiger partial charge in [-0.15, -0.1) is 0 Å². The minimum absolute atomic E-state index is 0.544. The third kappa shape index (κ3) is 6.20. The van der Waals surface area contributed by atoms with Gasteiger partial charge in [-0.1, -0.05) is 212 Å². The molecule has 6 nitrogen and oxygen atoms in total. The molecule has 4 heterocycles. The van der Waals surface area contributed by atoms with Gasteiger partial charge in [0.2, 0.25) is 5.95 Å². The van der Waals surface area contributed by atoms with Crippen LogP contribution in [0.25, 0.3) is 144 Å². The summed E-state index contributed by atoms with van der Waals surface area (Å²) < 4.78 is 11.4. The molecular formula is C76H45N5O. The highest BCUT2D eigenvalue weighted by atomic mass is 16.3. The second kappa shape index (κ2) is 17.0. The summed E-state index contributed by atoms with van der Waals surface area (Å²) in [7, 11) is 0. The molecule has 0 unspecified atom stereocenters. The van der Waals surface area contributed by atoms with Crippen LogP contribution in [0.15, 0.2) is 277 Å². The highest BCUT2D eigenvalue weighted by molar-refractivity contribution is 6.19. The lowest BCUT2D eigenvalue weighted by molar-refractivity contribution is 0.669. The molecule has 0 saturated heterocycles. The number of para-hydroxylation sites is 2. The van der Waals surface area contributed by atoms with Gasteiger partial charge in [0, 0.05) is 54.7 Å². The molecule has 4 aromatic heterocycles. The normalized spacial score (nSPS) is 13.0. The quantitative estimate of drug-likeness (QED) is 0.166. The molecule has 6 heteroatoms. The maximum Gasteiger partial charge on any atom is 0.238 e. The van der Waals surface area contributed by atoms with Crippen molar-refractivity contribution in [2.24, 2.45) is 0 Å². The van der Waals surface area contributed by atoms with Crippen molar-refractivity contribution in [3.05, 3.63) is 295 Å². The highest BCUT2D eigenvalue weighted by Gasteiger charge is 2.52. The summed E-state index contributed by atoms with van der Waals surface area (Å²) in [5, 5.41) is 6.82. The van der Waals surface area contributed by atoms with Gasteiger partial charge in [0.1, 0.15) is 11.2 Å². The van der Waals surface area contributed by atoms with Crippen molar-refractivity contribution in [1.82, 2.24) is 24.1 Å². The van der Waals surface area contributed by atoms with Crippen molar-refractivity contribution in [3.63, 3.8) is 0 Å². The third-order valence-corrected chi connectivity index (χ3v) is 17.6. The number of benzene rings is 12. The molecule has 82 heavy (non-hydrogen) atoms. The SMILES string of the molecule is c1ccc(-c2nc(-c3ccccc3)nc(-n3c4ccc(-c5ccc6oc7cccc(-c8ccc9c(c8)c8ccccc8n9-c8ccccc8)c7c6c5)cc4c4ccc5c(c43)-c3ccccc3C53c4ccccc4-c4ccccc43)n2)cc1. The van der Waals surface area contributed by atoms with Crippen molar-refractivity contribution in [2.45, 2.75) is 5.41 Å². The van der Waals surface area contributed by atoms with Gasteiger partial charge in [0.15, 0.2) is 11.6 Å². The van der Waals surface area contributed by atoms with E-state index in [9.17, 15) is 0 Å². The zero-order valence-electron chi connectivity index (χ0n) is 44.1.